The molecule has 1 unspecified atom stereocenters. The van der Waals surface area contributed by atoms with Gasteiger partial charge in [0.15, 0.2) is 0 Å². The molecular weight excluding hydrogens is 256 g/mol. The van der Waals surface area contributed by atoms with Crippen molar-refractivity contribution in [3.63, 3.8) is 0 Å². The number of nitrogens with zero attached hydrogens (tertiary/aromatic N) is 1. The monoisotopic (exact) mass is 278 g/mol. The summed E-state index contributed by atoms with van der Waals surface area (Å²) in [5.74, 6) is 0.652. The van der Waals surface area contributed by atoms with Gasteiger partial charge in [-0.15, -0.1) is 0 Å². The summed E-state index contributed by atoms with van der Waals surface area (Å²) >= 11 is 0. The lowest BCUT2D eigenvalue weighted by atomic mass is 9.97. The molecule has 1 atom stereocenters. The average molecular weight is 278 g/mol. The van der Waals surface area contributed by atoms with E-state index in [1.807, 2.05) is 6.20 Å². The quantitative estimate of drug-likeness (QED) is 0.933. The summed E-state index contributed by atoms with van der Waals surface area (Å²) in [6.07, 6.45) is 7.39. The van der Waals surface area contributed by atoms with Crippen LogP contribution in [0.1, 0.15) is 36.6 Å². The van der Waals surface area contributed by atoms with Crippen LogP contribution in [-0.4, -0.2) is 4.98 Å². The van der Waals surface area contributed by atoms with Gasteiger partial charge >= 0.3 is 0 Å². The van der Waals surface area contributed by atoms with Crippen LogP contribution in [0.2, 0.25) is 0 Å². The zero-order chi connectivity index (χ0) is 14.8. The molecule has 0 saturated heterocycles. The maximum atomic E-state index is 4.57. The second-order valence-electron chi connectivity index (χ2n) is 6.18. The van der Waals surface area contributed by atoms with Gasteiger partial charge in [-0.2, -0.15) is 0 Å². The number of aryl methyl sites for hydroxylation is 1. The first-order valence-electron chi connectivity index (χ1n) is 7.62. The van der Waals surface area contributed by atoms with E-state index in [0.717, 1.165) is 11.8 Å². The highest BCUT2D eigenvalue weighted by atomic mass is 14.9. The van der Waals surface area contributed by atoms with Gasteiger partial charge in [-0.1, -0.05) is 38.1 Å². The highest BCUT2D eigenvalue weighted by Crippen LogP contribution is 2.19. The normalized spacial score (nSPS) is 16.7. The first-order chi connectivity index (χ1) is 10.1. The largest absolute Gasteiger partial charge is 0.380 e. The number of fused-ring (bicyclic) bond motifs is 1. The van der Waals surface area contributed by atoms with E-state index in [2.05, 4.69) is 73.7 Å². The first kappa shape index (κ1) is 13.9. The van der Waals surface area contributed by atoms with Gasteiger partial charge in [-0.25, -0.2) is 0 Å². The lowest BCUT2D eigenvalue weighted by Crippen LogP contribution is -2.39. The molecule has 2 aromatic rings. The lowest BCUT2D eigenvalue weighted by Gasteiger charge is -2.20. The van der Waals surface area contributed by atoms with E-state index >= 15 is 0 Å². The molecule has 2 heteroatoms. The van der Waals surface area contributed by atoms with Crippen molar-refractivity contribution in [1.29, 1.82) is 0 Å². The summed E-state index contributed by atoms with van der Waals surface area (Å²) < 4.78 is 0. The van der Waals surface area contributed by atoms with Crippen LogP contribution in [0.15, 0.2) is 36.5 Å². The highest BCUT2D eigenvalue weighted by Gasteiger charge is 2.13. The predicted molar refractivity (Wildman–Crippen MR) is 88.0 cm³/mol. The number of pyridine rings is 1. The summed E-state index contributed by atoms with van der Waals surface area (Å²) in [5, 5.41) is 5.87. The van der Waals surface area contributed by atoms with Crippen molar-refractivity contribution < 1.29 is 0 Å². The van der Waals surface area contributed by atoms with Crippen molar-refractivity contribution in [2.45, 2.75) is 33.2 Å². The Bertz CT molecular complexity index is 759. The van der Waals surface area contributed by atoms with Crippen LogP contribution in [0.5, 0.6) is 0 Å². The number of nitrogens with one attached hydrogen (secondary N) is 1. The third-order valence-corrected chi connectivity index (χ3v) is 3.99. The van der Waals surface area contributed by atoms with Crippen LogP contribution in [-0.2, 0) is 6.42 Å². The van der Waals surface area contributed by atoms with Crippen LogP contribution in [0.25, 0.3) is 12.3 Å². The van der Waals surface area contributed by atoms with Gasteiger partial charge in [0.1, 0.15) is 0 Å². The Labute approximate surface area is 126 Å². The number of hydrogen-bond donors (Lipinski definition) is 1. The standard InChI is InChI=1S/C19H22N2/c1-13(2)10-15-8-9-20-19-11-18(21-12-17(15)19)16-7-5-4-6-14(16)3/h4-9,11-13,18,21H,10H2,1-3H3. The Morgan fingerprint density at radius 2 is 2.00 bits per heavy atom. The molecule has 108 valence electrons. The minimum atomic E-state index is 0.209. The topological polar surface area (TPSA) is 24.9 Å². The minimum absolute atomic E-state index is 0.209. The molecule has 0 aliphatic carbocycles. The summed E-state index contributed by atoms with van der Waals surface area (Å²) in [7, 11) is 0. The van der Waals surface area contributed by atoms with Crippen molar-refractivity contribution in [1.82, 2.24) is 10.3 Å². The van der Waals surface area contributed by atoms with E-state index in [9.17, 15) is 0 Å². The Balaban J connectivity index is 2.04. The maximum absolute atomic E-state index is 4.57. The third kappa shape index (κ3) is 2.85. The fourth-order valence-electron chi connectivity index (χ4n) is 2.94. The SMILES string of the molecule is Cc1ccccc1C1C=c2nccc(CC(C)C)c2=CN1. The van der Waals surface area contributed by atoms with Crippen molar-refractivity contribution in [2.75, 3.05) is 0 Å². The van der Waals surface area contributed by atoms with Gasteiger partial charge in [-0.3, -0.25) is 4.98 Å². The number of benzene rings is 1. The zero-order valence-corrected chi connectivity index (χ0v) is 12.9. The predicted octanol–water partition coefficient (Wildman–Crippen LogP) is 2.45. The summed E-state index contributed by atoms with van der Waals surface area (Å²) in [4.78, 5) is 4.57. The fraction of sp³-hybridized carbons (Fsp3) is 0.316. The smallest absolute Gasteiger partial charge is 0.0719 e. The van der Waals surface area contributed by atoms with Gasteiger partial charge < -0.3 is 5.32 Å². The summed E-state index contributed by atoms with van der Waals surface area (Å²) in [5.41, 5.74) is 4.00. The molecule has 1 aromatic heterocycles. The van der Waals surface area contributed by atoms with Crippen molar-refractivity contribution >= 4 is 12.3 Å². The molecule has 2 heterocycles. The molecule has 0 fully saturated rings. The van der Waals surface area contributed by atoms with Gasteiger partial charge in [0.2, 0.25) is 0 Å². The molecular formula is C19H22N2. The van der Waals surface area contributed by atoms with Crippen molar-refractivity contribution in [3.05, 3.63) is 63.8 Å². The van der Waals surface area contributed by atoms with Crippen LogP contribution in [0.3, 0.4) is 0 Å². The van der Waals surface area contributed by atoms with Crippen LogP contribution < -0.4 is 15.9 Å². The van der Waals surface area contributed by atoms with E-state index in [-0.39, 0.29) is 6.04 Å². The maximum Gasteiger partial charge on any atom is 0.0719 e. The van der Waals surface area contributed by atoms with Gasteiger partial charge in [0, 0.05) is 17.6 Å². The first-order valence-corrected chi connectivity index (χ1v) is 7.62. The molecule has 0 radical (unpaired) electrons. The Kier molecular flexibility index (Phi) is 3.78. The molecule has 0 amide bonds. The van der Waals surface area contributed by atoms with E-state index in [0.29, 0.717) is 5.92 Å². The molecule has 0 saturated carbocycles. The van der Waals surface area contributed by atoms with Crippen LogP contribution in [0.4, 0.5) is 0 Å². The Morgan fingerprint density at radius 3 is 2.76 bits per heavy atom. The molecule has 1 aliphatic heterocycles. The zero-order valence-electron chi connectivity index (χ0n) is 12.9. The van der Waals surface area contributed by atoms with Gasteiger partial charge in [0.25, 0.3) is 0 Å². The van der Waals surface area contributed by atoms with E-state index < -0.39 is 0 Å². The molecule has 0 spiro atoms. The lowest BCUT2D eigenvalue weighted by molar-refractivity contribution is 0.642. The second kappa shape index (κ2) is 5.72. The number of hydrogen-bond acceptors (Lipinski definition) is 2. The fourth-order valence-corrected chi connectivity index (χ4v) is 2.94. The van der Waals surface area contributed by atoms with Gasteiger partial charge in [0.05, 0.1) is 11.4 Å². The van der Waals surface area contributed by atoms with E-state index in [1.54, 1.807) is 0 Å². The second-order valence-corrected chi connectivity index (χ2v) is 6.18. The molecule has 1 N–H and O–H groups in total. The van der Waals surface area contributed by atoms with Crippen LogP contribution in [0, 0.1) is 12.8 Å². The Morgan fingerprint density at radius 1 is 1.19 bits per heavy atom. The molecule has 21 heavy (non-hydrogen) atoms. The third-order valence-electron chi connectivity index (χ3n) is 3.99. The number of rotatable bonds is 3. The van der Waals surface area contributed by atoms with Crippen molar-refractivity contribution in [3.8, 4) is 0 Å². The number of aromatic nitrogens is 1. The molecule has 1 aromatic carbocycles. The average Bonchev–Trinajstić information content (AvgIpc) is 2.47. The molecule has 2 nitrogen and oxygen atoms in total. The molecule has 1 aliphatic rings. The van der Waals surface area contributed by atoms with Crippen LogP contribution >= 0.6 is 0 Å². The highest BCUT2D eigenvalue weighted by molar-refractivity contribution is 5.48. The van der Waals surface area contributed by atoms with Gasteiger partial charge in [-0.05, 0) is 48.1 Å². The summed E-state index contributed by atoms with van der Waals surface area (Å²) in [6.45, 7) is 6.66. The molecule has 3 rings (SSSR count). The van der Waals surface area contributed by atoms with E-state index in [4.69, 9.17) is 0 Å². The van der Waals surface area contributed by atoms with E-state index in [1.165, 1.54) is 21.9 Å². The Hall–Kier alpha value is -2.09. The summed E-state index contributed by atoms with van der Waals surface area (Å²) in [6, 6.07) is 10.9. The molecule has 0 bridgehead atoms. The minimum Gasteiger partial charge on any atom is -0.380 e. The van der Waals surface area contributed by atoms with Crippen molar-refractivity contribution in [2.24, 2.45) is 5.92 Å².